The largest absolute Gasteiger partial charge is 0.440 e. The lowest BCUT2D eigenvalue weighted by Gasteiger charge is -2.30. The number of benzene rings is 1. The van der Waals surface area contributed by atoms with Crippen LogP contribution >= 0.6 is 12.2 Å². The fourth-order valence-electron chi connectivity index (χ4n) is 3.26. The lowest BCUT2D eigenvalue weighted by Crippen LogP contribution is -2.35. The summed E-state index contributed by atoms with van der Waals surface area (Å²) in [6, 6.07) is 7.96. The summed E-state index contributed by atoms with van der Waals surface area (Å²) in [5.41, 5.74) is 1.83. The molecular weight excluding hydrogens is 322 g/mol. The third-order valence-electron chi connectivity index (χ3n) is 4.72. The van der Waals surface area contributed by atoms with E-state index in [9.17, 15) is 0 Å². The maximum Gasteiger partial charge on any atom is 0.198 e. The lowest BCUT2D eigenvalue weighted by molar-refractivity contribution is 0.153. The van der Waals surface area contributed by atoms with E-state index in [4.69, 9.17) is 16.6 Å². The number of oxazole rings is 1. The van der Waals surface area contributed by atoms with E-state index >= 15 is 0 Å². The molecule has 0 spiro atoms. The van der Waals surface area contributed by atoms with Crippen molar-refractivity contribution in [3.05, 3.63) is 41.3 Å². The van der Waals surface area contributed by atoms with Gasteiger partial charge in [-0.2, -0.15) is 5.10 Å². The van der Waals surface area contributed by atoms with Crippen molar-refractivity contribution in [2.75, 3.05) is 13.1 Å². The number of nitrogens with zero attached hydrogens (tertiary/aromatic N) is 5. The molecule has 0 N–H and O–H groups in total. The maximum atomic E-state index is 5.93. The van der Waals surface area contributed by atoms with Crippen LogP contribution in [-0.4, -0.2) is 37.3 Å². The summed E-state index contributed by atoms with van der Waals surface area (Å²) in [4.78, 5) is 7.04. The van der Waals surface area contributed by atoms with Crippen molar-refractivity contribution in [2.24, 2.45) is 0 Å². The van der Waals surface area contributed by atoms with E-state index < -0.39 is 0 Å². The Morgan fingerprint density at radius 2 is 2.04 bits per heavy atom. The molecule has 1 fully saturated rings. The molecule has 1 aliphatic rings. The predicted molar refractivity (Wildman–Crippen MR) is 94.3 cm³/mol. The topological polar surface area (TPSA) is 52.0 Å². The van der Waals surface area contributed by atoms with Gasteiger partial charge in [0, 0.05) is 25.6 Å². The number of likely N-dealkylation sites (tertiary alicyclic amines) is 1. The van der Waals surface area contributed by atoms with Crippen LogP contribution in [0.5, 0.6) is 0 Å². The second kappa shape index (κ2) is 6.49. The molecule has 0 bridgehead atoms. The summed E-state index contributed by atoms with van der Waals surface area (Å²) in [5.74, 6) is 1.28. The van der Waals surface area contributed by atoms with Gasteiger partial charge in [0.15, 0.2) is 16.2 Å². The van der Waals surface area contributed by atoms with Gasteiger partial charge in [-0.25, -0.2) is 9.67 Å². The fraction of sp³-hybridized carbons (Fsp3) is 0.471. The number of rotatable bonds is 4. The van der Waals surface area contributed by atoms with E-state index in [0.29, 0.717) is 5.92 Å². The van der Waals surface area contributed by atoms with Gasteiger partial charge in [-0.1, -0.05) is 12.1 Å². The van der Waals surface area contributed by atoms with Crippen molar-refractivity contribution in [3.8, 4) is 0 Å². The summed E-state index contributed by atoms with van der Waals surface area (Å²) < 4.78 is 10.6. The Labute approximate surface area is 145 Å². The third-order valence-corrected chi connectivity index (χ3v) is 5.16. The minimum absolute atomic E-state index is 0.398. The first kappa shape index (κ1) is 15.5. The van der Waals surface area contributed by atoms with Gasteiger partial charge in [0.25, 0.3) is 0 Å². The zero-order chi connectivity index (χ0) is 16.5. The van der Waals surface area contributed by atoms with Gasteiger partial charge in [-0.05, 0) is 44.1 Å². The fourth-order valence-corrected chi connectivity index (χ4v) is 3.54. The molecule has 1 aliphatic heterocycles. The Balaban J connectivity index is 1.41. The molecule has 2 aromatic heterocycles. The number of hydrogen-bond donors (Lipinski definition) is 0. The van der Waals surface area contributed by atoms with Crippen molar-refractivity contribution >= 4 is 23.3 Å². The molecule has 7 heteroatoms. The molecule has 0 radical (unpaired) electrons. The standard InChI is InChI=1S/C17H21N5OS/c1-2-21-11-18-22(17(21)24)12-20-9-7-13(8-10-20)16-19-14-5-3-4-6-15(14)23-16/h3-6,11,13H,2,7-10,12H2,1H3. The number of piperidine rings is 1. The molecule has 1 aromatic carbocycles. The van der Waals surface area contributed by atoms with Crippen LogP contribution in [0.4, 0.5) is 0 Å². The first-order chi connectivity index (χ1) is 11.7. The number of aryl methyl sites for hydroxylation is 1. The molecule has 24 heavy (non-hydrogen) atoms. The first-order valence-electron chi connectivity index (χ1n) is 8.44. The smallest absolute Gasteiger partial charge is 0.198 e. The van der Waals surface area contributed by atoms with Crippen molar-refractivity contribution in [1.82, 2.24) is 24.2 Å². The normalized spacial score (nSPS) is 16.9. The zero-order valence-electron chi connectivity index (χ0n) is 13.8. The van der Waals surface area contributed by atoms with Crippen molar-refractivity contribution in [2.45, 2.75) is 38.9 Å². The molecule has 1 saturated heterocycles. The molecule has 0 atom stereocenters. The summed E-state index contributed by atoms with van der Waals surface area (Å²) in [6.45, 7) is 5.70. The second-order valence-corrected chi connectivity index (χ2v) is 6.62. The molecular formula is C17H21N5OS. The van der Waals surface area contributed by atoms with E-state index in [0.717, 1.165) is 60.9 Å². The van der Waals surface area contributed by atoms with Crippen LogP contribution in [0.2, 0.25) is 0 Å². The van der Waals surface area contributed by atoms with Crippen molar-refractivity contribution < 1.29 is 4.42 Å². The molecule has 4 rings (SSSR count). The van der Waals surface area contributed by atoms with Crippen LogP contribution in [0.3, 0.4) is 0 Å². The Hall–Kier alpha value is -1.99. The van der Waals surface area contributed by atoms with Crippen molar-refractivity contribution in [1.29, 1.82) is 0 Å². The minimum Gasteiger partial charge on any atom is -0.440 e. The van der Waals surface area contributed by atoms with E-state index in [2.05, 4.69) is 21.9 Å². The van der Waals surface area contributed by atoms with Gasteiger partial charge >= 0.3 is 0 Å². The highest BCUT2D eigenvalue weighted by Crippen LogP contribution is 2.29. The van der Waals surface area contributed by atoms with E-state index in [1.807, 2.05) is 39.8 Å². The second-order valence-electron chi connectivity index (χ2n) is 6.25. The number of hydrogen-bond acceptors (Lipinski definition) is 5. The highest BCUT2D eigenvalue weighted by Gasteiger charge is 2.25. The van der Waals surface area contributed by atoms with Gasteiger partial charge in [0.1, 0.15) is 11.8 Å². The maximum absolute atomic E-state index is 5.93. The Morgan fingerprint density at radius 3 is 2.75 bits per heavy atom. The monoisotopic (exact) mass is 343 g/mol. The SMILES string of the molecule is CCn1cnn(CN2CCC(c3nc4ccccc4o3)CC2)c1=S. The Bertz CT molecular complexity index is 855. The molecule has 0 amide bonds. The van der Waals surface area contributed by atoms with Gasteiger partial charge < -0.3 is 8.98 Å². The summed E-state index contributed by atoms with van der Waals surface area (Å²) >= 11 is 5.44. The summed E-state index contributed by atoms with van der Waals surface area (Å²) in [7, 11) is 0. The average molecular weight is 343 g/mol. The van der Waals surface area contributed by atoms with E-state index in [-0.39, 0.29) is 0 Å². The highest BCUT2D eigenvalue weighted by atomic mass is 32.1. The van der Waals surface area contributed by atoms with Crippen LogP contribution in [0.25, 0.3) is 11.1 Å². The van der Waals surface area contributed by atoms with Gasteiger partial charge in [-0.3, -0.25) is 4.90 Å². The highest BCUT2D eigenvalue weighted by molar-refractivity contribution is 7.71. The Kier molecular flexibility index (Phi) is 4.20. The van der Waals surface area contributed by atoms with Crippen LogP contribution in [0, 0.1) is 4.77 Å². The predicted octanol–water partition coefficient (Wildman–Crippen LogP) is 3.41. The lowest BCUT2D eigenvalue weighted by atomic mass is 9.97. The van der Waals surface area contributed by atoms with Gasteiger partial charge in [0.05, 0.1) is 6.67 Å². The van der Waals surface area contributed by atoms with Gasteiger partial charge in [-0.15, -0.1) is 0 Å². The molecule has 6 nitrogen and oxygen atoms in total. The Morgan fingerprint density at radius 1 is 1.25 bits per heavy atom. The zero-order valence-corrected chi connectivity index (χ0v) is 14.6. The van der Waals surface area contributed by atoms with Crippen LogP contribution < -0.4 is 0 Å². The quantitative estimate of drug-likeness (QED) is 0.680. The molecule has 3 aromatic rings. The number of aromatic nitrogens is 4. The number of para-hydroxylation sites is 2. The molecule has 0 aliphatic carbocycles. The van der Waals surface area contributed by atoms with Gasteiger partial charge in [0.2, 0.25) is 0 Å². The average Bonchev–Trinajstić information content (AvgIpc) is 3.19. The van der Waals surface area contributed by atoms with E-state index in [1.165, 1.54) is 0 Å². The summed E-state index contributed by atoms with van der Waals surface area (Å²) in [6.07, 6.45) is 3.91. The van der Waals surface area contributed by atoms with Crippen LogP contribution in [-0.2, 0) is 13.2 Å². The molecule has 3 heterocycles. The summed E-state index contributed by atoms with van der Waals surface area (Å²) in [5, 5.41) is 4.39. The van der Waals surface area contributed by atoms with E-state index in [1.54, 1.807) is 0 Å². The third kappa shape index (κ3) is 2.89. The van der Waals surface area contributed by atoms with Crippen molar-refractivity contribution in [3.63, 3.8) is 0 Å². The van der Waals surface area contributed by atoms with Crippen LogP contribution in [0.15, 0.2) is 35.0 Å². The van der Waals surface area contributed by atoms with Crippen LogP contribution in [0.1, 0.15) is 31.6 Å². The first-order valence-corrected chi connectivity index (χ1v) is 8.85. The molecule has 0 saturated carbocycles. The molecule has 0 unspecified atom stereocenters. The number of fused-ring (bicyclic) bond motifs is 1. The minimum atomic E-state index is 0.398. The molecule has 126 valence electrons.